The van der Waals surface area contributed by atoms with Gasteiger partial charge in [-0.3, -0.25) is 0 Å². The Hall–Kier alpha value is -1.71. The van der Waals surface area contributed by atoms with Crippen LogP contribution in [0.2, 0.25) is 0 Å². The van der Waals surface area contributed by atoms with Crippen molar-refractivity contribution in [2.24, 2.45) is 0 Å². The van der Waals surface area contributed by atoms with Gasteiger partial charge in [0.2, 0.25) is 16.0 Å². The Kier molecular flexibility index (Phi) is 6.52. The lowest BCUT2D eigenvalue weighted by molar-refractivity contribution is 0.582. The van der Waals surface area contributed by atoms with Crippen LogP contribution in [0.1, 0.15) is 12.6 Å². The SMILES string of the molecule is CCNc1nc(C)cc(NCCNS(=O)(=O)c2ccccc2Br)n1. The number of aromatic nitrogens is 2. The highest BCUT2D eigenvalue weighted by Crippen LogP contribution is 2.20. The lowest BCUT2D eigenvalue weighted by Gasteiger charge is -2.11. The van der Waals surface area contributed by atoms with Crippen molar-refractivity contribution in [3.8, 4) is 0 Å². The predicted octanol–water partition coefficient (Wildman–Crippen LogP) is 2.37. The maximum atomic E-state index is 12.3. The molecule has 2 rings (SSSR count). The Morgan fingerprint density at radius 2 is 1.88 bits per heavy atom. The van der Waals surface area contributed by atoms with Gasteiger partial charge in [0.1, 0.15) is 5.82 Å². The Balaban J connectivity index is 1.92. The quantitative estimate of drug-likeness (QED) is 0.574. The first-order valence-electron chi connectivity index (χ1n) is 7.50. The van der Waals surface area contributed by atoms with Crippen LogP contribution < -0.4 is 15.4 Å². The minimum Gasteiger partial charge on any atom is -0.369 e. The minimum atomic E-state index is -3.55. The summed E-state index contributed by atoms with van der Waals surface area (Å²) >= 11 is 3.25. The Morgan fingerprint density at radius 1 is 1.12 bits per heavy atom. The summed E-state index contributed by atoms with van der Waals surface area (Å²) in [6.45, 7) is 5.22. The van der Waals surface area contributed by atoms with Gasteiger partial charge in [0, 0.05) is 35.9 Å². The predicted molar refractivity (Wildman–Crippen MR) is 98.8 cm³/mol. The van der Waals surface area contributed by atoms with Crippen molar-refractivity contribution in [1.82, 2.24) is 14.7 Å². The largest absolute Gasteiger partial charge is 0.369 e. The number of nitrogens with zero attached hydrogens (tertiary/aromatic N) is 2. The maximum Gasteiger partial charge on any atom is 0.241 e. The maximum absolute atomic E-state index is 12.3. The van der Waals surface area contributed by atoms with Crippen molar-refractivity contribution < 1.29 is 8.42 Å². The van der Waals surface area contributed by atoms with Crippen molar-refractivity contribution in [2.75, 3.05) is 30.3 Å². The molecule has 1 aromatic carbocycles. The van der Waals surface area contributed by atoms with Gasteiger partial charge in [-0.05, 0) is 41.9 Å². The number of hydrogen-bond acceptors (Lipinski definition) is 6. The molecule has 2 aromatic rings. The fraction of sp³-hybridized carbons (Fsp3) is 0.333. The zero-order chi connectivity index (χ0) is 17.6. The third kappa shape index (κ3) is 5.15. The Bertz CT molecular complexity index is 798. The highest BCUT2D eigenvalue weighted by molar-refractivity contribution is 9.10. The summed E-state index contributed by atoms with van der Waals surface area (Å²) in [6.07, 6.45) is 0. The molecule has 1 aromatic heterocycles. The molecular formula is C15H20BrN5O2S. The molecule has 0 atom stereocenters. The molecule has 0 amide bonds. The van der Waals surface area contributed by atoms with Crippen LogP contribution in [0.25, 0.3) is 0 Å². The lowest BCUT2D eigenvalue weighted by atomic mass is 10.4. The van der Waals surface area contributed by atoms with E-state index in [1.54, 1.807) is 24.3 Å². The number of anilines is 2. The molecular weight excluding hydrogens is 394 g/mol. The lowest BCUT2D eigenvalue weighted by Crippen LogP contribution is -2.29. The van der Waals surface area contributed by atoms with Crippen molar-refractivity contribution in [3.05, 3.63) is 40.5 Å². The van der Waals surface area contributed by atoms with E-state index in [4.69, 9.17) is 0 Å². The van der Waals surface area contributed by atoms with E-state index in [-0.39, 0.29) is 11.4 Å². The van der Waals surface area contributed by atoms with Gasteiger partial charge in [0.25, 0.3) is 0 Å². The Labute approximate surface area is 150 Å². The molecule has 130 valence electrons. The van der Waals surface area contributed by atoms with E-state index in [1.807, 2.05) is 19.9 Å². The van der Waals surface area contributed by atoms with Crippen LogP contribution in [-0.4, -0.2) is 38.0 Å². The van der Waals surface area contributed by atoms with Gasteiger partial charge in [-0.1, -0.05) is 12.1 Å². The molecule has 0 bridgehead atoms. The summed E-state index contributed by atoms with van der Waals surface area (Å²) in [4.78, 5) is 8.79. The third-order valence-electron chi connectivity index (χ3n) is 3.04. The first-order valence-corrected chi connectivity index (χ1v) is 9.77. The van der Waals surface area contributed by atoms with Crippen molar-refractivity contribution in [3.63, 3.8) is 0 Å². The molecule has 0 saturated carbocycles. The highest BCUT2D eigenvalue weighted by atomic mass is 79.9. The van der Waals surface area contributed by atoms with Crippen LogP contribution in [0, 0.1) is 6.92 Å². The van der Waals surface area contributed by atoms with E-state index < -0.39 is 10.0 Å². The molecule has 7 nitrogen and oxygen atoms in total. The van der Waals surface area contributed by atoms with Crippen molar-refractivity contribution in [1.29, 1.82) is 0 Å². The second-order valence-corrected chi connectivity index (χ2v) is 7.59. The van der Waals surface area contributed by atoms with Crippen LogP contribution in [0.15, 0.2) is 39.7 Å². The third-order valence-corrected chi connectivity index (χ3v) is 5.51. The second kappa shape index (κ2) is 8.41. The topological polar surface area (TPSA) is 96.0 Å². The average molecular weight is 414 g/mol. The van der Waals surface area contributed by atoms with Gasteiger partial charge in [0.15, 0.2) is 0 Å². The summed E-state index contributed by atoms with van der Waals surface area (Å²) in [5, 5.41) is 6.15. The van der Waals surface area contributed by atoms with Gasteiger partial charge in [-0.15, -0.1) is 0 Å². The van der Waals surface area contributed by atoms with Gasteiger partial charge in [-0.25, -0.2) is 18.1 Å². The molecule has 0 radical (unpaired) electrons. The molecule has 1 heterocycles. The smallest absolute Gasteiger partial charge is 0.241 e. The molecule has 3 N–H and O–H groups in total. The minimum absolute atomic E-state index is 0.220. The van der Waals surface area contributed by atoms with Crippen LogP contribution in [0.5, 0.6) is 0 Å². The molecule has 0 aliphatic carbocycles. The zero-order valence-electron chi connectivity index (χ0n) is 13.5. The summed E-state index contributed by atoms with van der Waals surface area (Å²) in [6, 6.07) is 8.51. The number of halogens is 1. The van der Waals surface area contributed by atoms with Gasteiger partial charge < -0.3 is 10.6 Å². The fourth-order valence-corrected chi connectivity index (χ4v) is 4.05. The summed E-state index contributed by atoms with van der Waals surface area (Å²) in [5.41, 5.74) is 0.831. The normalized spacial score (nSPS) is 11.3. The van der Waals surface area contributed by atoms with Crippen LogP contribution in [0.3, 0.4) is 0 Å². The van der Waals surface area contributed by atoms with Crippen LogP contribution >= 0.6 is 15.9 Å². The number of nitrogens with one attached hydrogen (secondary N) is 3. The first kappa shape index (κ1) is 18.6. The molecule has 0 fully saturated rings. The van der Waals surface area contributed by atoms with E-state index in [9.17, 15) is 8.42 Å². The molecule has 0 unspecified atom stereocenters. The van der Waals surface area contributed by atoms with Crippen molar-refractivity contribution in [2.45, 2.75) is 18.7 Å². The second-order valence-electron chi connectivity index (χ2n) is 5.00. The molecule has 0 aliphatic rings. The number of hydrogen-bond donors (Lipinski definition) is 3. The van der Waals surface area contributed by atoms with Gasteiger partial charge >= 0.3 is 0 Å². The van der Waals surface area contributed by atoms with E-state index in [1.165, 1.54) is 0 Å². The first-order chi connectivity index (χ1) is 11.4. The molecule has 0 spiro atoms. The van der Waals surface area contributed by atoms with Gasteiger partial charge in [-0.2, -0.15) is 4.98 Å². The van der Waals surface area contributed by atoms with Crippen LogP contribution in [0.4, 0.5) is 11.8 Å². The highest BCUT2D eigenvalue weighted by Gasteiger charge is 2.16. The van der Waals surface area contributed by atoms with Crippen LogP contribution in [-0.2, 0) is 10.0 Å². The van der Waals surface area contributed by atoms with Crippen molar-refractivity contribution >= 4 is 37.7 Å². The average Bonchev–Trinajstić information content (AvgIpc) is 2.52. The van der Waals surface area contributed by atoms with E-state index in [0.717, 1.165) is 12.2 Å². The molecule has 9 heteroatoms. The Morgan fingerprint density at radius 3 is 2.58 bits per heavy atom. The number of sulfonamides is 1. The van der Waals surface area contributed by atoms with E-state index >= 15 is 0 Å². The monoisotopic (exact) mass is 413 g/mol. The fourth-order valence-electron chi connectivity index (χ4n) is 2.01. The summed E-state index contributed by atoms with van der Waals surface area (Å²) in [7, 11) is -3.55. The standard InChI is InChI=1S/C15H20BrN5O2S/c1-3-17-15-20-11(2)10-14(21-15)18-8-9-19-24(22,23)13-7-5-4-6-12(13)16/h4-7,10,19H,3,8-9H2,1-2H3,(H2,17,18,20,21). The number of benzene rings is 1. The summed E-state index contributed by atoms with van der Waals surface area (Å²) < 4.78 is 27.6. The number of rotatable bonds is 8. The van der Waals surface area contributed by atoms with E-state index in [2.05, 4.69) is 41.3 Å². The zero-order valence-corrected chi connectivity index (χ0v) is 15.9. The number of aryl methyl sites for hydroxylation is 1. The summed E-state index contributed by atoms with van der Waals surface area (Å²) in [5.74, 6) is 1.20. The van der Waals surface area contributed by atoms with E-state index in [0.29, 0.717) is 22.8 Å². The van der Waals surface area contributed by atoms with Gasteiger partial charge in [0.05, 0.1) is 4.90 Å². The molecule has 24 heavy (non-hydrogen) atoms. The molecule has 0 aliphatic heterocycles. The molecule has 0 saturated heterocycles.